The van der Waals surface area contributed by atoms with E-state index in [-0.39, 0.29) is 23.7 Å². The summed E-state index contributed by atoms with van der Waals surface area (Å²) in [6.07, 6.45) is 6.58. The third-order valence-electron chi connectivity index (χ3n) is 3.70. The number of nitrogens with one attached hydrogen (secondary N) is 3. The second kappa shape index (κ2) is 6.46. The zero-order chi connectivity index (χ0) is 15.4. The summed E-state index contributed by atoms with van der Waals surface area (Å²) < 4.78 is 5.30. The van der Waals surface area contributed by atoms with E-state index in [4.69, 9.17) is 4.42 Å². The van der Waals surface area contributed by atoms with Gasteiger partial charge in [0, 0.05) is 31.0 Å². The van der Waals surface area contributed by atoms with Gasteiger partial charge in [-0.05, 0) is 25.0 Å². The molecule has 116 valence electrons. The molecule has 0 radical (unpaired) electrons. The predicted octanol–water partition coefficient (Wildman–Crippen LogP) is 1.64. The van der Waals surface area contributed by atoms with Crippen LogP contribution in [-0.4, -0.2) is 28.6 Å². The number of furan rings is 1. The lowest BCUT2D eigenvalue weighted by Crippen LogP contribution is -2.27. The highest BCUT2D eigenvalue weighted by atomic mass is 16.3. The van der Waals surface area contributed by atoms with Crippen molar-refractivity contribution in [3.05, 3.63) is 36.5 Å². The zero-order valence-electron chi connectivity index (χ0n) is 12.0. The van der Waals surface area contributed by atoms with Crippen LogP contribution < -0.4 is 10.6 Å². The highest BCUT2D eigenvalue weighted by molar-refractivity contribution is 5.90. The number of carbonyl (C=O) groups excluding carboxylic acids is 2. The van der Waals surface area contributed by atoms with Gasteiger partial charge >= 0.3 is 0 Å². The van der Waals surface area contributed by atoms with Gasteiger partial charge in [-0.1, -0.05) is 0 Å². The van der Waals surface area contributed by atoms with Gasteiger partial charge in [0.2, 0.25) is 11.8 Å². The minimum absolute atomic E-state index is 0.00547. The van der Waals surface area contributed by atoms with E-state index in [0.29, 0.717) is 25.1 Å². The molecule has 0 bridgehead atoms. The third-order valence-corrected chi connectivity index (χ3v) is 3.70. The Morgan fingerprint density at radius 2 is 2.36 bits per heavy atom. The van der Waals surface area contributed by atoms with E-state index in [1.807, 2.05) is 12.1 Å². The minimum Gasteiger partial charge on any atom is -0.469 e. The smallest absolute Gasteiger partial charge is 0.224 e. The second-order valence-corrected chi connectivity index (χ2v) is 5.39. The maximum Gasteiger partial charge on any atom is 0.224 e. The molecule has 7 heteroatoms. The van der Waals surface area contributed by atoms with E-state index < -0.39 is 0 Å². The van der Waals surface area contributed by atoms with Crippen molar-refractivity contribution in [3.8, 4) is 0 Å². The molecule has 2 aromatic heterocycles. The number of H-pyrrole nitrogens is 1. The zero-order valence-corrected chi connectivity index (χ0v) is 12.0. The van der Waals surface area contributed by atoms with Crippen molar-refractivity contribution in [2.24, 2.45) is 5.92 Å². The van der Waals surface area contributed by atoms with Gasteiger partial charge in [-0.25, -0.2) is 0 Å². The molecular weight excluding hydrogens is 284 g/mol. The van der Waals surface area contributed by atoms with E-state index in [0.717, 1.165) is 12.2 Å². The number of aromatic amines is 1. The molecular formula is C15H18N4O3. The molecule has 0 aromatic carbocycles. The first-order valence-electron chi connectivity index (χ1n) is 7.34. The lowest BCUT2D eigenvalue weighted by atomic mass is 10.2. The summed E-state index contributed by atoms with van der Waals surface area (Å²) >= 11 is 0. The van der Waals surface area contributed by atoms with E-state index in [1.165, 1.54) is 0 Å². The van der Waals surface area contributed by atoms with Gasteiger partial charge < -0.3 is 15.1 Å². The molecule has 2 aromatic rings. The van der Waals surface area contributed by atoms with Crippen LogP contribution in [-0.2, 0) is 9.59 Å². The highest BCUT2D eigenvalue weighted by Crippen LogP contribution is 2.47. The van der Waals surface area contributed by atoms with Gasteiger partial charge in [0.15, 0.2) is 0 Å². The summed E-state index contributed by atoms with van der Waals surface area (Å²) in [5.74, 6) is 1.04. The fourth-order valence-corrected chi connectivity index (χ4v) is 2.44. The predicted molar refractivity (Wildman–Crippen MR) is 79.0 cm³/mol. The monoisotopic (exact) mass is 302 g/mol. The molecule has 1 aliphatic rings. The van der Waals surface area contributed by atoms with Crippen LogP contribution in [0.15, 0.2) is 35.2 Å². The van der Waals surface area contributed by atoms with Gasteiger partial charge in [-0.3, -0.25) is 14.7 Å². The summed E-state index contributed by atoms with van der Waals surface area (Å²) in [6.45, 7) is 0.499. The molecule has 0 aliphatic heterocycles. The standard InChI is InChI=1S/C15H18N4O3/c20-14(19-10-8-17-18-9-10)4-1-5-16-15(21)12-7-11(12)13-3-2-6-22-13/h2-3,6,8-9,11-12H,1,4-5,7H2,(H,16,21)(H,17,18)(H,19,20)/t11-,12-/m1/s1. The van der Waals surface area contributed by atoms with Crippen molar-refractivity contribution in [2.45, 2.75) is 25.2 Å². The first-order chi connectivity index (χ1) is 10.7. The van der Waals surface area contributed by atoms with Gasteiger partial charge in [0.05, 0.1) is 18.1 Å². The van der Waals surface area contributed by atoms with Crippen LogP contribution in [0.3, 0.4) is 0 Å². The molecule has 0 saturated heterocycles. The average Bonchev–Trinajstić information content (AvgIpc) is 2.93. The summed E-state index contributed by atoms with van der Waals surface area (Å²) in [4.78, 5) is 23.6. The molecule has 2 heterocycles. The molecule has 1 aliphatic carbocycles. The third kappa shape index (κ3) is 3.55. The lowest BCUT2D eigenvalue weighted by Gasteiger charge is -2.05. The Morgan fingerprint density at radius 3 is 3.09 bits per heavy atom. The van der Waals surface area contributed by atoms with E-state index in [9.17, 15) is 9.59 Å². The second-order valence-electron chi connectivity index (χ2n) is 5.39. The van der Waals surface area contributed by atoms with Crippen molar-refractivity contribution >= 4 is 17.5 Å². The summed E-state index contributed by atoms with van der Waals surface area (Å²) in [6, 6.07) is 3.74. The molecule has 22 heavy (non-hydrogen) atoms. The van der Waals surface area contributed by atoms with Crippen LogP contribution in [0.25, 0.3) is 0 Å². The first-order valence-corrected chi connectivity index (χ1v) is 7.34. The van der Waals surface area contributed by atoms with E-state index in [2.05, 4.69) is 20.8 Å². The van der Waals surface area contributed by atoms with Crippen LogP contribution >= 0.6 is 0 Å². The highest BCUT2D eigenvalue weighted by Gasteiger charge is 2.45. The molecule has 2 amide bonds. The Hall–Kier alpha value is -2.57. The molecule has 3 N–H and O–H groups in total. The van der Waals surface area contributed by atoms with Gasteiger partial charge in [-0.15, -0.1) is 0 Å². The molecule has 2 atom stereocenters. The lowest BCUT2D eigenvalue weighted by molar-refractivity contribution is -0.122. The van der Waals surface area contributed by atoms with Crippen LogP contribution in [0.2, 0.25) is 0 Å². The fourth-order valence-electron chi connectivity index (χ4n) is 2.44. The largest absolute Gasteiger partial charge is 0.469 e. The van der Waals surface area contributed by atoms with Crippen molar-refractivity contribution in [1.82, 2.24) is 15.5 Å². The molecule has 0 spiro atoms. The molecule has 1 fully saturated rings. The maximum atomic E-state index is 11.9. The maximum absolute atomic E-state index is 11.9. The number of aromatic nitrogens is 2. The number of amides is 2. The van der Waals surface area contributed by atoms with E-state index >= 15 is 0 Å². The van der Waals surface area contributed by atoms with Gasteiger partial charge in [-0.2, -0.15) is 5.10 Å². The Kier molecular flexibility index (Phi) is 4.22. The summed E-state index contributed by atoms with van der Waals surface area (Å²) in [7, 11) is 0. The van der Waals surface area contributed by atoms with Crippen molar-refractivity contribution in [3.63, 3.8) is 0 Å². The minimum atomic E-state index is -0.0875. The molecule has 3 rings (SSSR count). The number of rotatable bonds is 7. The Morgan fingerprint density at radius 1 is 1.45 bits per heavy atom. The van der Waals surface area contributed by atoms with Crippen molar-refractivity contribution < 1.29 is 14.0 Å². The van der Waals surface area contributed by atoms with Crippen LogP contribution in [0.4, 0.5) is 5.69 Å². The molecule has 7 nitrogen and oxygen atoms in total. The number of anilines is 1. The molecule has 0 unspecified atom stereocenters. The first kappa shape index (κ1) is 14.4. The van der Waals surface area contributed by atoms with Gasteiger partial charge in [0.1, 0.15) is 5.76 Å². The Labute approximate surface area is 127 Å². The van der Waals surface area contributed by atoms with Crippen LogP contribution in [0, 0.1) is 5.92 Å². The summed E-state index contributed by atoms with van der Waals surface area (Å²) in [5.41, 5.74) is 0.647. The number of hydrogen-bond acceptors (Lipinski definition) is 4. The Balaban J connectivity index is 1.30. The van der Waals surface area contributed by atoms with Crippen LogP contribution in [0.1, 0.15) is 30.9 Å². The summed E-state index contributed by atoms with van der Waals surface area (Å²) in [5, 5.41) is 12.0. The average molecular weight is 302 g/mol. The van der Waals surface area contributed by atoms with Crippen LogP contribution in [0.5, 0.6) is 0 Å². The fraction of sp³-hybridized carbons (Fsp3) is 0.400. The van der Waals surface area contributed by atoms with E-state index in [1.54, 1.807) is 18.7 Å². The van der Waals surface area contributed by atoms with Gasteiger partial charge in [0.25, 0.3) is 0 Å². The number of carbonyl (C=O) groups is 2. The topological polar surface area (TPSA) is 100 Å². The number of nitrogens with zero attached hydrogens (tertiary/aromatic N) is 1. The quantitative estimate of drug-likeness (QED) is 0.677. The van der Waals surface area contributed by atoms with Crippen molar-refractivity contribution in [2.75, 3.05) is 11.9 Å². The normalized spacial score (nSPS) is 19.6. The number of hydrogen-bond donors (Lipinski definition) is 3. The molecule has 1 saturated carbocycles. The Bertz CT molecular complexity index is 621. The SMILES string of the molecule is O=C(CCCNC(=O)[C@@H]1C[C@H]1c1ccco1)Nc1cn[nH]c1. The van der Waals surface area contributed by atoms with Crippen molar-refractivity contribution in [1.29, 1.82) is 0 Å².